The summed E-state index contributed by atoms with van der Waals surface area (Å²) in [5.41, 5.74) is 2.62. The van der Waals surface area contributed by atoms with Crippen LogP contribution in [-0.2, 0) is 0 Å². The van der Waals surface area contributed by atoms with Crippen LogP contribution >= 0.6 is 20.7 Å². The minimum Gasteiger partial charge on any atom is -0.265 e. The van der Waals surface area contributed by atoms with E-state index >= 15 is 0 Å². The normalized spacial score (nSPS) is 19.3. The third kappa shape index (κ3) is 2.39. The minimum absolute atomic E-state index is 0.283. The minimum atomic E-state index is 0.283. The highest BCUT2D eigenvalue weighted by Gasteiger charge is 1.90. The van der Waals surface area contributed by atoms with Crippen molar-refractivity contribution in [3.63, 3.8) is 0 Å². The lowest BCUT2D eigenvalue weighted by molar-refractivity contribution is 1.46. The van der Waals surface area contributed by atoms with Crippen LogP contribution in [0.15, 0.2) is 16.8 Å². The highest BCUT2D eigenvalue weighted by atomic mass is 127. The maximum Gasteiger partial charge on any atom is 0.0330 e. The molecular formula is C7H10IN. The number of nitrogens with zero attached hydrogens (tertiary/aromatic N) is 1. The molecule has 0 atom stereocenters. The van der Waals surface area contributed by atoms with Crippen LogP contribution in [0.1, 0.15) is 13.8 Å². The lowest BCUT2D eigenvalue weighted by atomic mass is 10.4. The number of halogens is 1. The van der Waals surface area contributed by atoms with E-state index in [0.717, 1.165) is 0 Å². The fourth-order valence-corrected chi connectivity index (χ4v) is 2.46. The Morgan fingerprint density at radius 3 is 3.11 bits per heavy atom. The van der Waals surface area contributed by atoms with Gasteiger partial charge < -0.3 is 0 Å². The summed E-state index contributed by atoms with van der Waals surface area (Å²) in [7, 11) is 0. The molecule has 1 aliphatic rings. The van der Waals surface area contributed by atoms with E-state index in [1.165, 1.54) is 15.7 Å². The van der Waals surface area contributed by atoms with Crippen LogP contribution in [0.2, 0.25) is 0 Å². The second kappa shape index (κ2) is 3.25. The number of hydrogen-bond acceptors (Lipinski definition) is 1. The Labute approximate surface area is 65.6 Å². The Hall–Kier alpha value is 0.01000. The molecule has 0 N–H and O–H groups in total. The second-order valence-corrected chi connectivity index (χ2v) is 4.40. The van der Waals surface area contributed by atoms with Crippen LogP contribution in [-0.4, -0.2) is 14.2 Å². The third-order valence-corrected chi connectivity index (χ3v) is 3.98. The van der Waals surface area contributed by atoms with Crippen LogP contribution in [0, 0.1) is 0 Å². The molecule has 2 heteroatoms. The van der Waals surface area contributed by atoms with Gasteiger partial charge in [0.05, 0.1) is 0 Å². The van der Waals surface area contributed by atoms with Crippen LogP contribution in [0.3, 0.4) is 0 Å². The number of alkyl halides is 1. The van der Waals surface area contributed by atoms with Crippen molar-refractivity contribution >= 4 is 30.5 Å². The van der Waals surface area contributed by atoms with E-state index in [9.17, 15) is 0 Å². The Bertz CT molecular complexity index is 189. The fourth-order valence-electron chi connectivity index (χ4n) is 0.547. The molecule has 1 nitrogen and oxygen atoms in total. The van der Waals surface area contributed by atoms with Gasteiger partial charge in [-0.1, -0.05) is 0 Å². The maximum absolute atomic E-state index is 4.26. The third-order valence-electron chi connectivity index (χ3n) is 1.01. The molecule has 0 aromatic carbocycles. The molecule has 0 spiro atoms. The van der Waals surface area contributed by atoms with Gasteiger partial charge in [0.15, 0.2) is 0 Å². The van der Waals surface area contributed by atoms with Crippen molar-refractivity contribution in [1.29, 1.82) is 0 Å². The number of aliphatic imine (C=N–C) groups is 1. The van der Waals surface area contributed by atoms with Gasteiger partial charge in [-0.3, -0.25) is 4.99 Å². The summed E-state index contributed by atoms with van der Waals surface area (Å²) in [6, 6.07) is 0. The Balaban J connectivity index is 2.80. The van der Waals surface area contributed by atoms with Gasteiger partial charge >= 0.3 is 0 Å². The van der Waals surface area contributed by atoms with Crippen LogP contribution in [0.5, 0.6) is 0 Å². The quantitative estimate of drug-likeness (QED) is 0.450. The topological polar surface area (TPSA) is 12.4 Å². The molecule has 0 aliphatic carbocycles. The van der Waals surface area contributed by atoms with E-state index in [4.69, 9.17) is 0 Å². The summed E-state index contributed by atoms with van der Waals surface area (Å²) in [6.45, 7) is 4.21. The number of allylic oxidation sites excluding steroid dienone is 1. The Kier molecular flexibility index (Phi) is 2.57. The molecule has 0 amide bonds. The lowest BCUT2D eigenvalue weighted by Gasteiger charge is -1.85. The summed E-state index contributed by atoms with van der Waals surface area (Å²) in [4.78, 5) is 4.26. The molecule has 0 aromatic heterocycles. The van der Waals surface area contributed by atoms with Crippen molar-refractivity contribution in [3.05, 3.63) is 11.8 Å². The predicted molar refractivity (Wildman–Crippen MR) is 51.8 cm³/mol. The smallest absolute Gasteiger partial charge is 0.0330 e. The van der Waals surface area contributed by atoms with Gasteiger partial charge in [0.2, 0.25) is 0 Å². The molecule has 0 saturated heterocycles. The van der Waals surface area contributed by atoms with Crippen LogP contribution < -0.4 is 0 Å². The van der Waals surface area contributed by atoms with Crippen molar-refractivity contribution in [1.82, 2.24) is 0 Å². The predicted octanol–water partition coefficient (Wildman–Crippen LogP) is 2.14. The molecule has 9 heavy (non-hydrogen) atoms. The Morgan fingerprint density at radius 1 is 1.56 bits per heavy atom. The van der Waals surface area contributed by atoms with Crippen LogP contribution in [0.4, 0.5) is 0 Å². The molecular weight excluding hydrogens is 225 g/mol. The molecule has 0 bridgehead atoms. The zero-order valence-corrected chi connectivity index (χ0v) is 7.84. The first-order valence-corrected chi connectivity index (χ1v) is 5.67. The number of hydrogen-bond donors (Lipinski definition) is 0. The van der Waals surface area contributed by atoms with Gasteiger partial charge in [0.25, 0.3) is 0 Å². The average Bonchev–Trinajstić information content (AvgIpc) is 1.97. The summed E-state index contributed by atoms with van der Waals surface area (Å²) in [6.07, 6.45) is 1.96. The van der Waals surface area contributed by atoms with E-state index in [-0.39, 0.29) is 20.7 Å². The van der Waals surface area contributed by atoms with E-state index < -0.39 is 0 Å². The van der Waals surface area contributed by atoms with E-state index in [0.29, 0.717) is 0 Å². The van der Waals surface area contributed by atoms with Crippen molar-refractivity contribution in [3.8, 4) is 0 Å². The number of rotatable bonds is 0. The maximum atomic E-state index is 4.26. The highest BCUT2D eigenvalue weighted by Crippen LogP contribution is 2.05. The molecule has 50 valence electrons. The van der Waals surface area contributed by atoms with E-state index in [1.807, 2.05) is 6.20 Å². The zero-order valence-electron chi connectivity index (χ0n) is 5.69. The summed E-state index contributed by atoms with van der Waals surface area (Å²) >= 11 is 0.283. The summed E-state index contributed by atoms with van der Waals surface area (Å²) in [5, 5.41) is 0. The van der Waals surface area contributed by atoms with Gasteiger partial charge in [0, 0.05) is 16.3 Å². The first-order chi connectivity index (χ1) is 4.29. The monoisotopic (exact) mass is 235 g/mol. The fraction of sp³-hybridized carbons (Fsp3) is 0.429. The molecule has 0 fully saturated rings. The second-order valence-electron chi connectivity index (χ2n) is 2.13. The standard InChI is InChI=1S/C7H10IN/c1-6-3-8-4-7(2)9-5-6/h3,5H,4H2,1-2H3. The van der Waals surface area contributed by atoms with Crippen molar-refractivity contribution < 1.29 is 0 Å². The van der Waals surface area contributed by atoms with Crippen molar-refractivity contribution in [2.45, 2.75) is 13.8 Å². The van der Waals surface area contributed by atoms with Crippen LogP contribution in [0.25, 0.3) is 0 Å². The lowest BCUT2D eigenvalue weighted by Crippen LogP contribution is -1.88. The first-order valence-electron chi connectivity index (χ1n) is 2.90. The van der Waals surface area contributed by atoms with E-state index in [1.54, 1.807) is 0 Å². The summed E-state index contributed by atoms with van der Waals surface area (Å²) < 4.78 is 3.56. The van der Waals surface area contributed by atoms with Crippen molar-refractivity contribution in [2.75, 3.05) is 4.43 Å². The molecule has 1 aliphatic heterocycles. The summed E-state index contributed by atoms with van der Waals surface area (Å²) in [5.74, 6) is 0. The SMILES string of the molecule is CC1=CN=C(C)CI=C1. The molecule has 1 heterocycles. The Morgan fingerprint density at radius 2 is 2.33 bits per heavy atom. The molecule has 0 aromatic rings. The van der Waals surface area contributed by atoms with Gasteiger partial charge in [0.1, 0.15) is 0 Å². The van der Waals surface area contributed by atoms with Gasteiger partial charge in [-0.2, -0.15) is 0 Å². The molecule has 1 rings (SSSR count). The zero-order chi connectivity index (χ0) is 6.69. The molecule has 0 radical (unpaired) electrons. The average molecular weight is 235 g/mol. The van der Waals surface area contributed by atoms with Crippen molar-refractivity contribution in [2.24, 2.45) is 4.99 Å². The van der Waals surface area contributed by atoms with Gasteiger partial charge in [-0.05, 0) is 23.4 Å². The van der Waals surface area contributed by atoms with E-state index in [2.05, 4.69) is 22.9 Å². The first kappa shape index (κ1) is 7.12. The van der Waals surface area contributed by atoms with Gasteiger partial charge in [-0.25, -0.2) is 0 Å². The molecule has 0 saturated carbocycles. The molecule has 0 unspecified atom stereocenters. The van der Waals surface area contributed by atoms with Gasteiger partial charge in [-0.15, -0.1) is 20.7 Å². The highest BCUT2D eigenvalue weighted by molar-refractivity contribution is 14.2. The largest absolute Gasteiger partial charge is 0.265 e.